The van der Waals surface area contributed by atoms with Crippen LogP contribution in [-0.4, -0.2) is 31.9 Å². The predicted octanol–water partition coefficient (Wildman–Crippen LogP) is 3.54. The van der Waals surface area contributed by atoms with Crippen LogP contribution >= 0.6 is 11.8 Å². The fourth-order valence-corrected chi connectivity index (χ4v) is 4.53. The summed E-state index contributed by atoms with van der Waals surface area (Å²) in [6.45, 7) is 0. The van der Waals surface area contributed by atoms with Crippen LogP contribution in [0.2, 0.25) is 0 Å². The Morgan fingerprint density at radius 1 is 1.15 bits per heavy atom. The van der Waals surface area contributed by atoms with Gasteiger partial charge >= 0.3 is 0 Å². The maximum Gasteiger partial charge on any atom is 0.230 e. The molecule has 0 saturated heterocycles. The van der Waals surface area contributed by atoms with Gasteiger partial charge in [0.2, 0.25) is 11.1 Å². The van der Waals surface area contributed by atoms with E-state index in [9.17, 15) is 4.79 Å². The van der Waals surface area contributed by atoms with Crippen LogP contribution < -0.4 is 5.32 Å². The first-order valence-electron chi connectivity index (χ1n) is 9.56. The Morgan fingerprint density at radius 3 is 2.65 bits per heavy atom. The Hall–Kier alpha value is -1.89. The van der Waals surface area contributed by atoms with E-state index in [0.717, 1.165) is 18.0 Å². The average molecular weight is 372 g/mol. The summed E-state index contributed by atoms with van der Waals surface area (Å²) in [6.07, 6.45) is 8.46. The lowest BCUT2D eigenvalue weighted by atomic mass is 9.81. The molecule has 1 atom stereocenters. The van der Waals surface area contributed by atoms with Crippen molar-refractivity contribution < 1.29 is 4.79 Å². The zero-order chi connectivity index (χ0) is 17.8. The normalized spacial score (nSPS) is 19.2. The molecule has 1 N–H and O–H groups in total. The standard InChI is InChI=1S/C19H25N5OS/c25-17(13-26-19-21-22-23-24(19)16-11-12-16)20-18(14-7-3-1-4-8-14)15-9-5-2-6-10-15/h1,3-4,7-8,15-16,18H,2,5-6,9-13H2,(H,20,25). The Balaban J connectivity index is 1.39. The molecule has 1 amide bonds. The summed E-state index contributed by atoms with van der Waals surface area (Å²) in [6, 6.07) is 10.9. The highest BCUT2D eigenvalue weighted by molar-refractivity contribution is 7.99. The third kappa shape index (κ3) is 4.26. The summed E-state index contributed by atoms with van der Waals surface area (Å²) >= 11 is 1.43. The minimum absolute atomic E-state index is 0.0553. The monoisotopic (exact) mass is 371 g/mol. The molecular weight excluding hydrogens is 346 g/mol. The van der Waals surface area contributed by atoms with Gasteiger partial charge in [-0.05, 0) is 47.6 Å². The fraction of sp³-hybridized carbons (Fsp3) is 0.579. The van der Waals surface area contributed by atoms with Gasteiger partial charge in [0.1, 0.15) is 0 Å². The van der Waals surface area contributed by atoms with E-state index >= 15 is 0 Å². The smallest absolute Gasteiger partial charge is 0.230 e. The number of hydrogen-bond acceptors (Lipinski definition) is 5. The summed E-state index contributed by atoms with van der Waals surface area (Å²) in [5, 5.41) is 15.9. The van der Waals surface area contributed by atoms with Gasteiger partial charge in [0.05, 0.1) is 17.8 Å². The van der Waals surface area contributed by atoms with E-state index in [1.165, 1.54) is 49.4 Å². The number of aromatic nitrogens is 4. The average Bonchev–Trinajstić information content (AvgIpc) is 3.43. The molecule has 26 heavy (non-hydrogen) atoms. The molecule has 1 heterocycles. The number of rotatable bonds is 7. The van der Waals surface area contributed by atoms with Crippen molar-refractivity contribution in [1.82, 2.24) is 25.5 Å². The minimum Gasteiger partial charge on any atom is -0.348 e. The first-order chi connectivity index (χ1) is 12.8. The topological polar surface area (TPSA) is 72.7 Å². The Morgan fingerprint density at radius 2 is 1.92 bits per heavy atom. The van der Waals surface area contributed by atoms with E-state index < -0.39 is 0 Å². The van der Waals surface area contributed by atoms with Crippen LogP contribution in [0.4, 0.5) is 0 Å². The minimum atomic E-state index is 0.0553. The SMILES string of the molecule is O=C(CSc1nnnn1C1CC1)NC(c1ccccc1)C1CCCCC1. The van der Waals surface area contributed by atoms with Gasteiger partial charge in [-0.1, -0.05) is 61.4 Å². The molecule has 7 heteroatoms. The Bertz CT molecular complexity index is 725. The Kier molecular flexibility index (Phi) is 5.53. The lowest BCUT2D eigenvalue weighted by Gasteiger charge is -2.31. The third-order valence-electron chi connectivity index (χ3n) is 5.28. The molecule has 4 rings (SSSR count). The molecule has 2 aromatic rings. The van der Waals surface area contributed by atoms with E-state index in [2.05, 4.69) is 45.1 Å². The molecule has 1 unspecified atom stereocenters. The molecule has 0 spiro atoms. The van der Waals surface area contributed by atoms with Crippen LogP contribution in [0.3, 0.4) is 0 Å². The first-order valence-corrected chi connectivity index (χ1v) is 10.5. The highest BCUT2D eigenvalue weighted by Gasteiger charge is 2.29. The van der Waals surface area contributed by atoms with Gasteiger partial charge in [0, 0.05) is 0 Å². The van der Waals surface area contributed by atoms with Crippen molar-refractivity contribution in [3.05, 3.63) is 35.9 Å². The summed E-state index contributed by atoms with van der Waals surface area (Å²) in [7, 11) is 0. The van der Waals surface area contributed by atoms with Crippen molar-refractivity contribution in [2.45, 2.75) is 62.2 Å². The summed E-state index contributed by atoms with van der Waals surface area (Å²) in [4.78, 5) is 12.7. The van der Waals surface area contributed by atoms with Crippen LogP contribution in [0.5, 0.6) is 0 Å². The zero-order valence-electron chi connectivity index (χ0n) is 14.9. The number of benzene rings is 1. The van der Waals surface area contributed by atoms with Crippen molar-refractivity contribution >= 4 is 17.7 Å². The molecule has 2 saturated carbocycles. The maximum atomic E-state index is 12.7. The highest BCUT2D eigenvalue weighted by atomic mass is 32.2. The second-order valence-corrected chi connectivity index (χ2v) is 8.22. The number of nitrogens with one attached hydrogen (secondary N) is 1. The van der Waals surface area contributed by atoms with Gasteiger partial charge in [-0.15, -0.1) is 5.10 Å². The van der Waals surface area contributed by atoms with Crippen LogP contribution in [0.15, 0.2) is 35.5 Å². The quantitative estimate of drug-likeness (QED) is 0.754. The van der Waals surface area contributed by atoms with E-state index in [1.807, 2.05) is 10.7 Å². The van der Waals surface area contributed by atoms with Crippen LogP contribution in [-0.2, 0) is 4.79 Å². The van der Waals surface area contributed by atoms with Gasteiger partial charge in [0.15, 0.2) is 0 Å². The lowest BCUT2D eigenvalue weighted by molar-refractivity contribution is -0.119. The number of amides is 1. The van der Waals surface area contributed by atoms with Crippen LogP contribution in [0.1, 0.15) is 62.6 Å². The van der Waals surface area contributed by atoms with Crippen molar-refractivity contribution in [3.63, 3.8) is 0 Å². The lowest BCUT2D eigenvalue weighted by Crippen LogP contribution is -2.35. The zero-order valence-corrected chi connectivity index (χ0v) is 15.7. The number of carbonyl (C=O) groups excluding carboxylic acids is 1. The van der Waals surface area contributed by atoms with Gasteiger partial charge in [-0.25, -0.2) is 4.68 Å². The van der Waals surface area contributed by atoms with Crippen LogP contribution in [0.25, 0.3) is 0 Å². The van der Waals surface area contributed by atoms with Crippen molar-refractivity contribution in [2.24, 2.45) is 5.92 Å². The molecule has 138 valence electrons. The van der Waals surface area contributed by atoms with Crippen molar-refractivity contribution in [1.29, 1.82) is 0 Å². The molecular formula is C19H25N5OS. The molecule has 1 aromatic heterocycles. The van der Waals surface area contributed by atoms with Crippen molar-refractivity contribution in [2.75, 3.05) is 5.75 Å². The number of nitrogens with zero attached hydrogens (tertiary/aromatic N) is 4. The van der Waals surface area contributed by atoms with Gasteiger partial charge in [0.25, 0.3) is 0 Å². The summed E-state index contributed by atoms with van der Waals surface area (Å²) < 4.78 is 1.85. The fourth-order valence-electron chi connectivity index (χ4n) is 3.78. The molecule has 1 aromatic carbocycles. The molecule has 2 fully saturated rings. The summed E-state index contributed by atoms with van der Waals surface area (Å²) in [5.41, 5.74) is 1.21. The summed E-state index contributed by atoms with van der Waals surface area (Å²) in [5.74, 6) is 0.931. The van der Waals surface area contributed by atoms with Crippen molar-refractivity contribution in [3.8, 4) is 0 Å². The van der Waals surface area contributed by atoms with Gasteiger partial charge < -0.3 is 5.32 Å². The van der Waals surface area contributed by atoms with E-state index in [0.29, 0.717) is 17.7 Å². The number of hydrogen-bond donors (Lipinski definition) is 1. The van der Waals surface area contributed by atoms with E-state index in [4.69, 9.17) is 0 Å². The second kappa shape index (κ2) is 8.20. The molecule has 0 radical (unpaired) electrons. The largest absolute Gasteiger partial charge is 0.348 e. The van der Waals surface area contributed by atoms with Crippen LogP contribution in [0, 0.1) is 5.92 Å². The predicted molar refractivity (Wildman–Crippen MR) is 101 cm³/mol. The highest BCUT2D eigenvalue weighted by Crippen LogP contribution is 2.37. The number of tetrazole rings is 1. The molecule has 0 bridgehead atoms. The molecule has 0 aliphatic heterocycles. The van der Waals surface area contributed by atoms with E-state index in [-0.39, 0.29) is 11.9 Å². The van der Waals surface area contributed by atoms with Gasteiger partial charge in [-0.2, -0.15) is 0 Å². The van der Waals surface area contributed by atoms with Gasteiger partial charge in [-0.3, -0.25) is 4.79 Å². The molecule has 2 aliphatic carbocycles. The number of carbonyl (C=O) groups is 1. The Labute approximate surface area is 158 Å². The molecule has 6 nitrogen and oxygen atoms in total. The maximum absolute atomic E-state index is 12.7. The number of thioether (sulfide) groups is 1. The molecule has 2 aliphatic rings. The van der Waals surface area contributed by atoms with E-state index in [1.54, 1.807) is 0 Å². The second-order valence-electron chi connectivity index (χ2n) is 7.28. The first kappa shape index (κ1) is 17.5. The third-order valence-corrected chi connectivity index (χ3v) is 6.22.